The van der Waals surface area contributed by atoms with E-state index in [4.69, 9.17) is 4.74 Å². The van der Waals surface area contributed by atoms with Gasteiger partial charge in [0.15, 0.2) is 5.37 Å². The second kappa shape index (κ2) is 6.96. The molecule has 0 spiro atoms. The molecule has 0 radical (unpaired) electrons. The first-order valence-corrected chi connectivity index (χ1v) is 6.17. The van der Waals surface area contributed by atoms with Crippen LogP contribution >= 0.6 is 11.8 Å². The van der Waals surface area contributed by atoms with Crippen molar-refractivity contribution < 1.29 is 14.3 Å². The summed E-state index contributed by atoms with van der Waals surface area (Å²) in [5.41, 5.74) is 0. The molecule has 0 saturated heterocycles. The molecule has 0 aliphatic carbocycles. The number of hydrogen-bond acceptors (Lipinski definition) is 4. The lowest BCUT2D eigenvalue weighted by Crippen LogP contribution is -2.38. The molecule has 0 heterocycles. The lowest BCUT2D eigenvalue weighted by atomic mass is 10.4. The highest BCUT2D eigenvalue weighted by Gasteiger charge is 2.21. The number of nitrogens with one attached hydrogen (secondary N) is 1. The van der Waals surface area contributed by atoms with Gasteiger partial charge in [-0.05, 0) is 19.1 Å². The highest BCUT2D eigenvalue weighted by atomic mass is 32.2. The van der Waals surface area contributed by atoms with Gasteiger partial charge in [0.05, 0.1) is 6.61 Å². The zero-order chi connectivity index (χ0) is 12.7. The molecular weight excluding hydrogens is 238 g/mol. The molecule has 5 heteroatoms. The minimum atomic E-state index is -0.699. The maximum atomic E-state index is 11.6. The fraction of sp³-hybridized carbons (Fsp3) is 0.333. The van der Waals surface area contributed by atoms with Gasteiger partial charge in [-0.25, -0.2) is 4.79 Å². The van der Waals surface area contributed by atoms with Crippen LogP contribution in [-0.2, 0) is 14.3 Å². The van der Waals surface area contributed by atoms with E-state index < -0.39 is 11.3 Å². The summed E-state index contributed by atoms with van der Waals surface area (Å²) in [5, 5.41) is 1.86. The van der Waals surface area contributed by atoms with Crippen molar-refractivity contribution in [3.05, 3.63) is 30.3 Å². The molecule has 0 saturated carbocycles. The van der Waals surface area contributed by atoms with Gasteiger partial charge in [-0.3, -0.25) is 4.79 Å². The number of rotatable bonds is 5. The normalized spacial score (nSPS) is 11.6. The first kappa shape index (κ1) is 13.6. The van der Waals surface area contributed by atoms with Gasteiger partial charge in [0.2, 0.25) is 5.91 Å². The van der Waals surface area contributed by atoms with Crippen LogP contribution in [0.15, 0.2) is 35.2 Å². The Morgan fingerprint density at radius 2 is 2.00 bits per heavy atom. The third-order valence-electron chi connectivity index (χ3n) is 1.83. The molecule has 1 aromatic rings. The number of thioether (sulfide) groups is 1. The molecule has 1 amide bonds. The van der Waals surface area contributed by atoms with Gasteiger partial charge in [-0.2, -0.15) is 0 Å². The minimum Gasteiger partial charge on any atom is -0.464 e. The molecule has 0 aromatic heterocycles. The number of ether oxygens (including phenoxy) is 1. The summed E-state index contributed by atoms with van der Waals surface area (Å²) in [7, 11) is 0. The van der Waals surface area contributed by atoms with Crippen LogP contribution in [0.25, 0.3) is 0 Å². The summed E-state index contributed by atoms with van der Waals surface area (Å²) < 4.78 is 4.90. The average Bonchev–Trinajstić information content (AvgIpc) is 2.29. The molecule has 1 unspecified atom stereocenters. The van der Waals surface area contributed by atoms with Crippen molar-refractivity contribution in [3.63, 3.8) is 0 Å². The first-order valence-electron chi connectivity index (χ1n) is 5.29. The fourth-order valence-electron chi connectivity index (χ4n) is 1.17. The van der Waals surface area contributed by atoms with E-state index in [-0.39, 0.29) is 5.91 Å². The number of esters is 1. The smallest absolute Gasteiger partial charge is 0.339 e. The van der Waals surface area contributed by atoms with Gasteiger partial charge >= 0.3 is 5.97 Å². The average molecular weight is 253 g/mol. The Labute approximate surface area is 105 Å². The van der Waals surface area contributed by atoms with Crippen LogP contribution < -0.4 is 5.32 Å². The van der Waals surface area contributed by atoms with Crippen LogP contribution in [0.2, 0.25) is 0 Å². The molecule has 1 N–H and O–H groups in total. The van der Waals surface area contributed by atoms with Crippen molar-refractivity contribution in [2.45, 2.75) is 24.1 Å². The highest BCUT2D eigenvalue weighted by molar-refractivity contribution is 8.00. The number of benzene rings is 1. The first-order chi connectivity index (χ1) is 8.13. The second-order valence-corrected chi connectivity index (χ2v) is 4.44. The van der Waals surface area contributed by atoms with E-state index in [2.05, 4.69) is 5.32 Å². The van der Waals surface area contributed by atoms with Gasteiger partial charge < -0.3 is 10.1 Å². The summed E-state index contributed by atoms with van der Waals surface area (Å²) in [5.74, 6) is -0.692. The lowest BCUT2D eigenvalue weighted by Gasteiger charge is -2.15. The SMILES string of the molecule is CCOC(=O)C(NC(C)=O)Sc1ccccc1. The standard InChI is InChI=1S/C12H15NO3S/c1-3-16-12(15)11(13-9(2)14)17-10-7-5-4-6-8-10/h4-8,11H,3H2,1-2H3,(H,13,14). The van der Waals surface area contributed by atoms with Crippen molar-refractivity contribution in [2.24, 2.45) is 0 Å². The Morgan fingerprint density at radius 3 is 2.53 bits per heavy atom. The summed E-state index contributed by atoms with van der Waals surface area (Å²) >= 11 is 1.26. The van der Waals surface area contributed by atoms with Crippen LogP contribution in [0.3, 0.4) is 0 Å². The molecule has 1 aromatic carbocycles. The lowest BCUT2D eigenvalue weighted by molar-refractivity contribution is -0.144. The molecule has 17 heavy (non-hydrogen) atoms. The van der Waals surface area contributed by atoms with E-state index in [1.165, 1.54) is 18.7 Å². The van der Waals surface area contributed by atoms with E-state index in [1.54, 1.807) is 6.92 Å². The Bertz CT molecular complexity index is 381. The predicted molar refractivity (Wildman–Crippen MR) is 66.5 cm³/mol. The van der Waals surface area contributed by atoms with E-state index in [0.29, 0.717) is 6.61 Å². The van der Waals surface area contributed by atoms with Crippen molar-refractivity contribution in [1.82, 2.24) is 5.32 Å². The van der Waals surface area contributed by atoms with Crippen molar-refractivity contribution >= 4 is 23.6 Å². The van der Waals surface area contributed by atoms with E-state index >= 15 is 0 Å². The van der Waals surface area contributed by atoms with Crippen LogP contribution in [0.4, 0.5) is 0 Å². The molecule has 4 nitrogen and oxygen atoms in total. The van der Waals surface area contributed by atoms with Gasteiger partial charge in [0.25, 0.3) is 0 Å². The van der Waals surface area contributed by atoms with Crippen LogP contribution in [-0.4, -0.2) is 23.9 Å². The zero-order valence-electron chi connectivity index (χ0n) is 9.80. The molecule has 0 bridgehead atoms. The molecule has 0 fully saturated rings. The molecular formula is C12H15NO3S. The summed E-state index contributed by atoms with van der Waals surface area (Å²) in [6, 6.07) is 9.38. The summed E-state index contributed by atoms with van der Waals surface area (Å²) in [4.78, 5) is 23.5. The van der Waals surface area contributed by atoms with E-state index in [0.717, 1.165) is 4.90 Å². The van der Waals surface area contributed by atoms with Crippen LogP contribution in [0.1, 0.15) is 13.8 Å². The second-order valence-electron chi connectivity index (χ2n) is 3.26. The summed E-state index contributed by atoms with van der Waals surface area (Å²) in [6.45, 7) is 3.40. The maximum Gasteiger partial charge on any atom is 0.339 e. The monoisotopic (exact) mass is 253 g/mol. The minimum absolute atomic E-state index is 0.258. The Balaban J connectivity index is 2.70. The third-order valence-corrected chi connectivity index (χ3v) is 2.92. The van der Waals surface area contributed by atoms with Crippen LogP contribution in [0, 0.1) is 0 Å². The highest BCUT2D eigenvalue weighted by Crippen LogP contribution is 2.22. The topological polar surface area (TPSA) is 55.4 Å². The fourth-order valence-corrected chi connectivity index (χ4v) is 2.15. The third kappa shape index (κ3) is 4.91. The molecule has 1 atom stereocenters. The van der Waals surface area contributed by atoms with Gasteiger partial charge in [-0.1, -0.05) is 30.0 Å². The van der Waals surface area contributed by atoms with Crippen molar-refractivity contribution in [3.8, 4) is 0 Å². The Kier molecular flexibility index (Phi) is 5.56. The van der Waals surface area contributed by atoms with Crippen molar-refractivity contribution in [2.75, 3.05) is 6.61 Å². The van der Waals surface area contributed by atoms with Gasteiger partial charge in [0, 0.05) is 11.8 Å². The Morgan fingerprint density at radius 1 is 1.35 bits per heavy atom. The van der Waals surface area contributed by atoms with Crippen LogP contribution in [0.5, 0.6) is 0 Å². The number of hydrogen-bond donors (Lipinski definition) is 1. The summed E-state index contributed by atoms with van der Waals surface area (Å²) in [6.07, 6.45) is 0. The molecule has 0 aliphatic rings. The van der Waals surface area contributed by atoms with E-state index in [9.17, 15) is 9.59 Å². The maximum absolute atomic E-state index is 11.6. The predicted octanol–water partition coefficient (Wildman–Crippen LogP) is 1.80. The van der Waals surface area contributed by atoms with E-state index in [1.807, 2.05) is 30.3 Å². The molecule has 92 valence electrons. The zero-order valence-corrected chi connectivity index (χ0v) is 10.6. The molecule has 0 aliphatic heterocycles. The van der Waals surface area contributed by atoms with Crippen molar-refractivity contribution in [1.29, 1.82) is 0 Å². The Hall–Kier alpha value is -1.49. The number of amides is 1. The largest absolute Gasteiger partial charge is 0.464 e. The van der Waals surface area contributed by atoms with Gasteiger partial charge in [-0.15, -0.1) is 0 Å². The van der Waals surface area contributed by atoms with Gasteiger partial charge in [0.1, 0.15) is 0 Å². The molecule has 1 rings (SSSR count). The number of carbonyl (C=O) groups is 2. The quantitative estimate of drug-likeness (QED) is 0.494. The number of carbonyl (C=O) groups excluding carboxylic acids is 2.